The molecule has 1 aliphatic rings. The van der Waals surface area contributed by atoms with E-state index in [0.29, 0.717) is 12.0 Å². The Morgan fingerprint density at radius 1 is 1.35 bits per heavy atom. The van der Waals surface area contributed by atoms with Gasteiger partial charge in [-0.2, -0.15) is 0 Å². The van der Waals surface area contributed by atoms with Gasteiger partial charge in [-0.15, -0.1) is 0 Å². The lowest BCUT2D eigenvalue weighted by Gasteiger charge is -2.37. The van der Waals surface area contributed by atoms with E-state index in [1.54, 1.807) is 4.90 Å². The lowest BCUT2D eigenvalue weighted by molar-refractivity contribution is -0.134. The summed E-state index contributed by atoms with van der Waals surface area (Å²) in [5.74, 6) is 0.698. The monoisotopic (exact) mass is 284 g/mol. The summed E-state index contributed by atoms with van der Waals surface area (Å²) >= 11 is 0. The zero-order valence-corrected chi connectivity index (χ0v) is 13.7. The summed E-state index contributed by atoms with van der Waals surface area (Å²) in [7, 11) is 5.80. The standard InChI is InChI=1S/C15H32N4O/c1-11(12(2)15(20)18(3)4)7-9-19(5)14-6-8-17-10-13(14)16/h11-14,17H,6-10,16H2,1-5H3/t11-,12+,13?,14?/m1/s1. The summed E-state index contributed by atoms with van der Waals surface area (Å²) in [4.78, 5) is 16.0. The van der Waals surface area contributed by atoms with E-state index in [-0.39, 0.29) is 17.9 Å². The van der Waals surface area contributed by atoms with Gasteiger partial charge in [-0.05, 0) is 38.9 Å². The Morgan fingerprint density at radius 2 is 2.00 bits per heavy atom. The molecule has 2 unspecified atom stereocenters. The third kappa shape index (κ3) is 4.72. The van der Waals surface area contributed by atoms with Gasteiger partial charge in [0.15, 0.2) is 0 Å². The maximum atomic E-state index is 12.0. The van der Waals surface area contributed by atoms with Crippen molar-refractivity contribution in [1.29, 1.82) is 0 Å². The van der Waals surface area contributed by atoms with E-state index in [1.165, 1.54) is 0 Å². The van der Waals surface area contributed by atoms with Crippen LogP contribution in [0.15, 0.2) is 0 Å². The van der Waals surface area contributed by atoms with Gasteiger partial charge in [-0.1, -0.05) is 13.8 Å². The molecule has 4 atom stereocenters. The highest BCUT2D eigenvalue weighted by molar-refractivity contribution is 5.78. The summed E-state index contributed by atoms with van der Waals surface area (Å²) in [5, 5.41) is 3.33. The molecule has 0 radical (unpaired) electrons. The number of rotatable bonds is 6. The Labute approximate surface area is 123 Å². The molecule has 5 nitrogen and oxygen atoms in total. The highest BCUT2D eigenvalue weighted by Gasteiger charge is 2.27. The van der Waals surface area contributed by atoms with Crippen LogP contribution in [0.1, 0.15) is 26.7 Å². The Balaban J connectivity index is 2.39. The number of hydrogen-bond acceptors (Lipinski definition) is 4. The van der Waals surface area contributed by atoms with Crippen LogP contribution in [0.3, 0.4) is 0 Å². The number of piperidine rings is 1. The molecule has 0 aromatic heterocycles. The molecule has 0 aromatic rings. The summed E-state index contributed by atoms with van der Waals surface area (Å²) in [6.07, 6.45) is 2.14. The lowest BCUT2D eigenvalue weighted by atomic mass is 9.91. The zero-order chi connectivity index (χ0) is 15.3. The Hall–Kier alpha value is -0.650. The van der Waals surface area contributed by atoms with Crippen LogP contribution in [0.4, 0.5) is 0 Å². The van der Waals surface area contributed by atoms with Gasteiger partial charge in [0.05, 0.1) is 0 Å². The van der Waals surface area contributed by atoms with Gasteiger partial charge < -0.3 is 20.9 Å². The molecule has 0 spiro atoms. The number of nitrogens with zero attached hydrogens (tertiary/aromatic N) is 2. The quantitative estimate of drug-likeness (QED) is 0.739. The number of hydrogen-bond donors (Lipinski definition) is 2. The van der Waals surface area contributed by atoms with E-state index < -0.39 is 0 Å². The van der Waals surface area contributed by atoms with Gasteiger partial charge in [-0.25, -0.2) is 0 Å². The minimum Gasteiger partial charge on any atom is -0.349 e. The highest BCUT2D eigenvalue weighted by Crippen LogP contribution is 2.19. The van der Waals surface area contributed by atoms with E-state index in [2.05, 4.69) is 24.2 Å². The first kappa shape index (κ1) is 17.4. The second-order valence-electron chi connectivity index (χ2n) is 6.49. The fraction of sp³-hybridized carbons (Fsp3) is 0.933. The van der Waals surface area contributed by atoms with Crippen molar-refractivity contribution in [3.8, 4) is 0 Å². The van der Waals surface area contributed by atoms with Crippen LogP contribution in [0.25, 0.3) is 0 Å². The minimum atomic E-state index is 0.0834. The van der Waals surface area contributed by atoms with Gasteiger partial charge in [0.25, 0.3) is 0 Å². The fourth-order valence-electron chi connectivity index (χ4n) is 2.89. The molecule has 1 aliphatic heterocycles. The topological polar surface area (TPSA) is 61.6 Å². The molecule has 3 N–H and O–H groups in total. The van der Waals surface area contributed by atoms with Gasteiger partial charge in [0.2, 0.25) is 5.91 Å². The van der Waals surface area contributed by atoms with Crippen molar-refractivity contribution in [2.75, 3.05) is 40.8 Å². The SMILES string of the molecule is C[C@H](CCN(C)C1CCNCC1N)[C@H](C)C(=O)N(C)C. The van der Waals surface area contributed by atoms with Crippen LogP contribution in [0.5, 0.6) is 0 Å². The van der Waals surface area contributed by atoms with Gasteiger partial charge >= 0.3 is 0 Å². The second-order valence-corrected chi connectivity index (χ2v) is 6.49. The predicted octanol–water partition coefficient (Wildman–Crippen LogP) is 0.358. The molecule has 1 amide bonds. The van der Waals surface area contributed by atoms with Crippen molar-refractivity contribution in [3.63, 3.8) is 0 Å². The fourth-order valence-corrected chi connectivity index (χ4v) is 2.89. The first-order valence-corrected chi connectivity index (χ1v) is 7.72. The predicted molar refractivity (Wildman–Crippen MR) is 83.5 cm³/mol. The van der Waals surface area contributed by atoms with E-state index in [1.807, 2.05) is 21.0 Å². The highest BCUT2D eigenvalue weighted by atomic mass is 16.2. The van der Waals surface area contributed by atoms with E-state index in [4.69, 9.17) is 5.73 Å². The average Bonchev–Trinajstić information content (AvgIpc) is 2.43. The van der Waals surface area contributed by atoms with Crippen molar-refractivity contribution in [1.82, 2.24) is 15.1 Å². The second kappa shape index (κ2) is 7.96. The first-order valence-electron chi connectivity index (χ1n) is 7.72. The van der Waals surface area contributed by atoms with Gasteiger partial charge in [0, 0.05) is 38.6 Å². The summed E-state index contributed by atoms with van der Waals surface area (Å²) in [6.45, 7) is 7.16. The molecule has 1 fully saturated rings. The summed E-state index contributed by atoms with van der Waals surface area (Å²) in [6, 6.07) is 0.674. The maximum absolute atomic E-state index is 12.0. The normalized spacial score (nSPS) is 26.4. The zero-order valence-electron chi connectivity index (χ0n) is 13.7. The molecule has 0 aromatic carbocycles. The number of nitrogens with two attached hydrogens (primary N) is 1. The summed E-state index contributed by atoms with van der Waals surface area (Å²) in [5.41, 5.74) is 6.17. The molecular weight excluding hydrogens is 252 g/mol. The van der Waals surface area contributed by atoms with Crippen molar-refractivity contribution in [2.45, 2.75) is 38.8 Å². The molecule has 20 heavy (non-hydrogen) atoms. The van der Waals surface area contributed by atoms with E-state index in [9.17, 15) is 4.79 Å². The van der Waals surface area contributed by atoms with Crippen LogP contribution in [-0.4, -0.2) is 68.6 Å². The molecule has 5 heteroatoms. The number of carbonyl (C=O) groups excluding carboxylic acids is 1. The third-order valence-corrected chi connectivity index (χ3v) is 4.68. The van der Waals surface area contributed by atoms with Crippen molar-refractivity contribution in [2.24, 2.45) is 17.6 Å². The molecule has 1 rings (SSSR count). The van der Waals surface area contributed by atoms with Crippen molar-refractivity contribution < 1.29 is 4.79 Å². The largest absolute Gasteiger partial charge is 0.349 e. The van der Waals surface area contributed by atoms with Crippen LogP contribution in [-0.2, 0) is 4.79 Å². The van der Waals surface area contributed by atoms with E-state index >= 15 is 0 Å². The Kier molecular flexibility index (Phi) is 6.92. The van der Waals surface area contributed by atoms with Gasteiger partial charge in [-0.3, -0.25) is 4.79 Å². The molecule has 0 aliphatic carbocycles. The Bertz CT molecular complexity index is 308. The minimum absolute atomic E-state index is 0.0834. The number of nitrogens with one attached hydrogen (secondary N) is 1. The summed E-state index contributed by atoms with van der Waals surface area (Å²) < 4.78 is 0. The van der Waals surface area contributed by atoms with Crippen LogP contribution >= 0.6 is 0 Å². The van der Waals surface area contributed by atoms with Crippen LogP contribution in [0.2, 0.25) is 0 Å². The van der Waals surface area contributed by atoms with Crippen molar-refractivity contribution in [3.05, 3.63) is 0 Å². The van der Waals surface area contributed by atoms with Crippen molar-refractivity contribution >= 4 is 5.91 Å². The molecule has 1 heterocycles. The van der Waals surface area contributed by atoms with Crippen LogP contribution in [0, 0.1) is 11.8 Å². The maximum Gasteiger partial charge on any atom is 0.225 e. The van der Waals surface area contributed by atoms with Gasteiger partial charge in [0.1, 0.15) is 0 Å². The Morgan fingerprint density at radius 3 is 2.55 bits per heavy atom. The molecule has 118 valence electrons. The van der Waals surface area contributed by atoms with Crippen LogP contribution < -0.4 is 11.1 Å². The number of amides is 1. The van der Waals surface area contributed by atoms with E-state index in [0.717, 1.165) is 32.5 Å². The molecule has 0 bridgehead atoms. The smallest absolute Gasteiger partial charge is 0.225 e. The molecular formula is C15H32N4O. The molecule has 1 saturated heterocycles. The lowest BCUT2D eigenvalue weighted by Crippen LogP contribution is -2.56. The third-order valence-electron chi connectivity index (χ3n) is 4.68. The average molecular weight is 284 g/mol. The molecule has 0 saturated carbocycles. The number of likely N-dealkylation sites (N-methyl/N-ethyl adjacent to an activating group) is 1. The first-order chi connectivity index (χ1) is 9.34. The number of carbonyl (C=O) groups is 1.